The minimum Gasteiger partial charge on any atom is -0.335 e. The first-order valence-corrected chi connectivity index (χ1v) is 9.68. The maximum absolute atomic E-state index is 12.9. The van der Waals surface area contributed by atoms with Crippen molar-refractivity contribution in [1.82, 2.24) is 14.8 Å². The van der Waals surface area contributed by atoms with Gasteiger partial charge in [-0.3, -0.25) is 9.59 Å². The van der Waals surface area contributed by atoms with Crippen LogP contribution in [0.3, 0.4) is 0 Å². The molecule has 2 saturated heterocycles. The molecule has 1 aromatic heterocycles. The third kappa shape index (κ3) is 3.72. The van der Waals surface area contributed by atoms with Gasteiger partial charge in [0.15, 0.2) is 0 Å². The van der Waals surface area contributed by atoms with Crippen molar-refractivity contribution in [2.24, 2.45) is 5.92 Å². The van der Waals surface area contributed by atoms with Crippen LogP contribution in [0.1, 0.15) is 41.0 Å². The first kappa shape index (κ1) is 17.7. The van der Waals surface area contributed by atoms with E-state index in [0.717, 1.165) is 24.1 Å². The van der Waals surface area contributed by atoms with Gasteiger partial charge in [-0.15, -0.1) is 0 Å². The van der Waals surface area contributed by atoms with E-state index >= 15 is 0 Å². The van der Waals surface area contributed by atoms with Gasteiger partial charge in [-0.05, 0) is 43.4 Å². The summed E-state index contributed by atoms with van der Waals surface area (Å²) in [7, 11) is 0. The molecule has 2 aromatic rings. The van der Waals surface area contributed by atoms with E-state index < -0.39 is 0 Å². The van der Waals surface area contributed by atoms with Crippen LogP contribution in [0.15, 0.2) is 48.5 Å². The molecule has 0 unspecified atom stereocenters. The Morgan fingerprint density at radius 3 is 2.70 bits per heavy atom. The van der Waals surface area contributed by atoms with Crippen molar-refractivity contribution in [3.63, 3.8) is 0 Å². The van der Waals surface area contributed by atoms with Crippen LogP contribution >= 0.6 is 0 Å². The zero-order valence-corrected chi connectivity index (χ0v) is 15.7. The van der Waals surface area contributed by atoms with Gasteiger partial charge >= 0.3 is 0 Å². The number of carbonyl (C=O) groups excluding carboxylic acids is 2. The average molecular weight is 363 g/mol. The van der Waals surface area contributed by atoms with Crippen molar-refractivity contribution in [3.05, 3.63) is 65.5 Å². The fraction of sp³-hybridized carbons (Fsp3) is 0.409. The van der Waals surface area contributed by atoms with Crippen LogP contribution in [0.4, 0.5) is 0 Å². The van der Waals surface area contributed by atoms with Crippen molar-refractivity contribution in [1.29, 1.82) is 0 Å². The van der Waals surface area contributed by atoms with Gasteiger partial charge in [0, 0.05) is 31.7 Å². The van der Waals surface area contributed by atoms with Gasteiger partial charge in [-0.25, -0.2) is 4.98 Å². The molecule has 2 aliphatic heterocycles. The van der Waals surface area contributed by atoms with Crippen LogP contribution in [-0.2, 0) is 11.3 Å². The van der Waals surface area contributed by atoms with Gasteiger partial charge in [0.1, 0.15) is 5.69 Å². The molecule has 0 spiro atoms. The molecule has 27 heavy (non-hydrogen) atoms. The molecule has 2 atom stereocenters. The molecule has 140 valence electrons. The molecule has 0 radical (unpaired) electrons. The Balaban J connectivity index is 1.55. The minimum absolute atomic E-state index is 0.0288. The Bertz CT molecular complexity index is 836. The lowest BCUT2D eigenvalue weighted by molar-refractivity contribution is -0.133. The summed E-state index contributed by atoms with van der Waals surface area (Å²) in [6.45, 7) is 3.81. The van der Waals surface area contributed by atoms with Crippen LogP contribution in [0.25, 0.3) is 0 Å². The van der Waals surface area contributed by atoms with E-state index in [0.29, 0.717) is 37.7 Å². The molecule has 0 aliphatic carbocycles. The third-order valence-corrected chi connectivity index (χ3v) is 5.68. The van der Waals surface area contributed by atoms with Crippen molar-refractivity contribution >= 4 is 11.8 Å². The maximum Gasteiger partial charge on any atom is 0.272 e. The van der Waals surface area contributed by atoms with Crippen LogP contribution in [-0.4, -0.2) is 45.7 Å². The number of aryl methyl sites for hydroxylation is 1. The topological polar surface area (TPSA) is 53.5 Å². The first-order valence-electron chi connectivity index (χ1n) is 9.68. The summed E-state index contributed by atoms with van der Waals surface area (Å²) in [5.74, 6) is 0.516. The third-order valence-electron chi connectivity index (χ3n) is 5.68. The number of carbonyl (C=O) groups is 2. The quantitative estimate of drug-likeness (QED) is 0.842. The number of nitrogens with zero attached hydrogens (tertiary/aromatic N) is 3. The van der Waals surface area contributed by atoms with Crippen LogP contribution in [0, 0.1) is 12.8 Å². The van der Waals surface area contributed by atoms with E-state index in [9.17, 15) is 9.59 Å². The standard InChI is InChI=1S/C22H25N3O2/c1-16-7-5-11-19(23-16)22(27)24-14-18-10-6-12-21(26)25(20(18)15-24)13-17-8-3-2-4-9-17/h2-5,7-9,11,18,20H,6,10,12-15H2,1H3/t18-,20+/m1/s1. The molecule has 2 fully saturated rings. The number of likely N-dealkylation sites (tertiary alicyclic amines) is 2. The summed E-state index contributed by atoms with van der Waals surface area (Å²) in [5, 5.41) is 0. The highest BCUT2D eigenvalue weighted by Crippen LogP contribution is 2.32. The molecular weight excluding hydrogens is 338 g/mol. The van der Waals surface area contributed by atoms with E-state index in [1.807, 2.05) is 47.1 Å². The summed E-state index contributed by atoms with van der Waals surface area (Å²) in [5.41, 5.74) is 2.47. The normalized spacial score (nSPS) is 22.5. The Morgan fingerprint density at radius 1 is 1.11 bits per heavy atom. The fourth-order valence-corrected chi connectivity index (χ4v) is 4.31. The van der Waals surface area contributed by atoms with Crippen molar-refractivity contribution in [2.45, 2.75) is 38.8 Å². The lowest BCUT2D eigenvalue weighted by atomic mass is 9.98. The van der Waals surface area contributed by atoms with E-state index in [2.05, 4.69) is 17.1 Å². The number of hydrogen-bond acceptors (Lipinski definition) is 3. The molecule has 5 nitrogen and oxygen atoms in total. The second-order valence-electron chi connectivity index (χ2n) is 7.60. The van der Waals surface area contributed by atoms with Crippen LogP contribution < -0.4 is 0 Å². The van der Waals surface area contributed by atoms with Gasteiger partial charge in [0.25, 0.3) is 5.91 Å². The van der Waals surface area contributed by atoms with Gasteiger partial charge in [0.05, 0.1) is 6.04 Å². The maximum atomic E-state index is 12.9. The van der Waals surface area contributed by atoms with E-state index in [-0.39, 0.29) is 17.9 Å². The molecule has 1 aromatic carbocycles. The summed E-state index contributed by atoms with van der Waals surface area (Å²) in [6.07, 6.45) is 2.50. The summed E-state index contributed by atoms with van der Waals surface area (Å²) < 4.78 is 0. The second kappa shape index (κ2) is 7.51. The minimum atomic E-state index is -0.0288. The second-order valence-corrected chi connectivity index (χ2v) is 7.60. The molecule has 0 N–H and O–H groups in total. The van der Waals surface area contributed by atoms with Crippen molar-refractivity contribution in [3.8, 4) is 0 Å². The number of rotatable bonds is 3. The number of amides is 2. The first-order chi connectivity index (χ1) is 13.1. The number of fused-ring (bicyclic) bond motifs is 1. The van der Waals surface area contributed by atoms with E-state index in [1.54, 1.807) is 6.07 Å². The summed E-state index contributed by atoms with van der Waals surface area (Å²) in [4.78, 5) is 34.0. The highest BCUT2D eigenvalue weighted by atomic mass is 16.2. The zero-order chi connectivity index (χ0) is 18.8. The van der Waals surface area contributed by atoms with E-state index in [4.69, 9.17) is 0 Å². The Morgan fingerprint density at radius 2 is 1.93 bits per heavy atom. The Labute approximate surface area is 160 Å². The average Bonchev–Trinajstić information content (AvgIpc) is 3.04. The SMILES string of the molecule is Cc1cccc(C(=O)N2C[C@H]3CCCC(=O)N(Cc4ccccc4)[C@H]3C2)n1. The van der Waals surface area contributed by atoms with Crippen molar-refractivity contribution in [2.75, 3.05) is 13.1 Å². The number of hydrogen-bond donors (Lipinski definition) is 0. The van der Waals surface area contributed by atoms with Gasteiger partial charge in [-0.2, -0.15) is 0 Å². The number of pyridine rings is 1. The summed E-state index contributed by atoms with van der Waals surface area (Å²) >= 11 is 0. The Hall–Kier alpha value is -2.69. The van der Waals surface area contributed by atoms with Gasteiger partial charge in [-0.1, -0.05) is 36.4 Å². The van der Waals surface area contributed by atoms with Crippen molar-refractivity contribution < 1.29 is 9.59 Å². The smallest absolute Gasteiger partial charge is 0.272 e. The number of aromatic nitrogens is 1. The van der Waals surface area contributed by atoms with Gasteiger partial charge < -0.3 is 9.80 Å². The van der Waals surface area contributed by atoms with Gasteiger partial charge in [0.2, 0.25) is 5.91 Å². The molecule has 2 aliphatic rings. The van der Waals surface area contributed by atoms with Crippen LogP contribution in [0.5, 0.6) is 0 Å². The predicted octanol–water partition coefficient (Wildman–Crippen LogP) is 3.04. The molecule has 0 saturated carbocycles. The fourth-order valence-electron chi connectivity index (χ4n) is 4.31. The molecule has 2 amide bonds. The molecule has 0 bridgehead atoms. The monoisotopic (exact) mass is 363 g/mol. The molecule has 4 rings (SSSR count). The Kier molecular flexibility index (Phi) is 4.92. The molecular formula is C22H25N3O2. The van der Waals surface area contributed by atoms with E-state index in [1.165, 1.54) is 0 Å². The predicted molar refractivity (Wildman–Crippen MR) is 103 cm³/mol. The molecule has 5 heteroatoms. The highest BCUT2D eigenvalue weighted by Gasteiger charge is 2.42. The number of benzene rings is 1. The largest absolute Gasteiger partial charge is 0.335 e. The molecule has 3 heterocycles. The zero-order valence-electron chi connectivity index (χ0n) is 15.7. The van der Waals surface area contributed by atoms with Crippen LogP contribution in [0.2, 0.25) is 0 Å². The lowest BCUT2D eigenvalue weighted by Gasteiger charge is -2.30. The summed E-state index contributed by atoms with van der Waals surface area (Å²) in [6, 6.07) is 15.7. The highest BCUT2D eigenvalue weighted by molar-refractivity contribution is 5.92. The lowest BCUT2D eigenvalue weighted by Crippen LogP contribution is -2.43.